The summed E-state index contributed by atoms with van der Waals surface area (Å²) in [6.07, 6.45) is 1.58. The van der Waals surface area contributed by atoms with E-state index in [9.17, 15) is 9.90 Å². The highest BCUT2D eigenvalue weighted by Crippen LogP contribution is 2.44. The number of rotatable bonds is 4. The molecule has 1 aliphatic rings. The third-order valence-corrected chi connectivity index (χ3v) is 4.81. The first-order valence-electron chi connectivity index (χ1n) is 6.53. The number of nitrogens with zero attached hydrogens (tertiary/aromatic N) is 4. The lowest BCUT2D eigenvalue weighted by Crippen LogP contribution is -2.17. The van der Waals surface area contributed by atoms with Crippen molar-refractivity contribution in [3.63, 3.8) is 0 Å². The largest absolute Gasteiger partial charge is 0.481 e. The van der Waals surface area contributed by atoms with Gasteiger partial charge >= 0.3 is 5.97 Å². The number of ether oxygens (including phenoxy) is 1. The minimum atomic E-state index is -0.734. The fourth-order valence-electron chi connectivity index (χ4n) is 2.88. The van der Waals surface area contributed by atoms with Gasteiger partial charge in [0.05, 0.1) is 5.92 Å². The number of fused-ring (bicyclic) bond motifs is 1. The van der Waals surface area contributed by atoms with Crippen molar-refractivity contribution in [1.82, 2.24) is 19.8 Å². The second-order valence-electron chi connectivity index (χ2n) is 5.31. The number of hydrogen-bond donors (Lipinski definition) is 1. The summed E-state index contributed by atoms with van der Waals surface area (Å²) in [5.74, 6) is -0.0523. The van der Waals surface area contributed by atoms with E-state index in [1.807, 2.05) is 0 Å². The summed E-state index contributed by atoms with van der Waals surface area (Å²) in [7, 11) is 1.59. The zero-order valence-electron chi connectivity index (χ0n) is 11.3. The number of hydrogen-bond acceptors (Lipinski definition) is 6. The molecule has 7 nitrogen and oxygen atoms in total. The molecule has 1 fully saturated rings. The Morgan fingerprint density at radius 2 is 2.30 bits per heavy atom. The molecule has 2 aromatic rings. The van der Waals surface area contributed by atoms with Crippen LogP contribution in [-0.4, -0.2) is 38.0 Å². The van der Waals surface area contributed by atoms with Crippen molar-refractivity contribution in [2.24, 2.45) is 11.8 Å². The summed E-state index contributed by atoms with van der Waals surface area (Å²) in [4.78, 5) is 12.1. The maximum Gasteiger partial charge on any atom is 0.307 e. The summed E-state index contributed by atoms with van der Waals surface area (Å²) in [5, 5.41) is 22.8. The van der Waals surface area contributed by atoms with E-state index < -0.39 is 5.97 Å². The zero-order chi connectivity index (χ0) is 14.3. The molecule has 0 aromatic carbocycles. The van der Waals surface area contributed by atoms with E-state index in [1.54, 1.807) is 11.6 Å². The molecule has 3 rings (SSSR count). The molecule has 0 radical (unpaired) electrons. The Kier molecular flexibility index (Phi) is 3.43. The Balaban J connectivity index is 1.95. The molecule has 1 saturated carbocycles. The summed E-state index contributed by atoms with van der Waals surface area (Å²) >= 11 is 1.42. The maximum absolute atomic E-state index is 11.4. The molecule has 2 heterocycles. The summed E-state index contributed by atoms with van der Waals surface area (Å²) < 4.78 is 6.71. The summed E-state index contributed by atoms with van der Waals surface area (Å²) in [5.41, 5.74) is 0. The fraction of sp³-hybridized carbons (Fsp3) is 0.667. The van der Waals surface area contributed by atoms with Gasteiger partial charge in [-0.15, -0.1) is 10.2 Å². The molecule has 0 spiro atoms. The minimum Gasteiger partial charge on any atom is -0.481 e. The van der Waals surface area contributed by atoms with Gasteiger partial charge in [0.2, 0.25) is 4.96 Å². The predicted molar refractivity (Wildman–Crippen MR) is 71.6 cm³/mol. The molecule has 0 aliphatic heterocycles. The summed E-state index contributed by atoms with van der Waals surface area (Å²) in [6, 6.07) is 0. The average molecular weight is 296 g/mol. The first-order chi connectivity index (χ1) is 9.60. The average Bonchev–Trinajstić information content (AvgIpc) is 3.04. The van der Waals surface area contributed by atoms with E-state index >= 15 is 0 Å². The molecule has 108 valence electrons. The number of carboxylic acids is 1. The molecule has 2 aromatic heterocycles. The van der Waals surface area contributed by atoms with Crippen LogP contribution in [0.25, 0.3) is 4.96 Å². The van der Waals surface area contributed by atoms with Crippen LogP contribution < -0.4 is 0 Å². The molecule has 8 heteroatoms. The first kappa shape index (κ1) is 13.4. The third kappa shape index (κ3) is 2.18. The molecule has 0 amide bonds. The van der Waals surface area contributed by atoms with Crippen molar-refractivity contribution >= 4 is 22.3 Å². The molecule has 0 saturated heterocycles. The molecule has 3 unspecified atom stereocenters. The van der Waals surface area contributed by atoms with E-state index in [1.165, 1.54) is 11.3 Å². The van der Waals surface area contributed by atoms with Gasteiger partial charge in [-0.25, -0.2) is 0 Å². The fourth-order valence-corrected chi connectivity index (χ4v) is 3.91. The monoisotopic (exact) mass is 296 g/mol. The van der Waals surface area contributed by atoms with Crippen LogP contribution >= 0.6 is 11.3 Å². The number of carbonyl (C=O) groups is 1. The van der Waals surface area contributed by atoms with Crippen LogP contribution in [0, 0.1) is 11.8 Å². The van der Waals surface area contributed by atoms with Crippen LogP contribution in [0.4, 0.5) is 0 Å². The predicted octanol–water partition coefficient (Wildman–Crippen LogP) is 1.55. The van der Waals surface area contributed by atoms with Crippen LogP contribution in [0.3, 0.4) is 0 Å². The van der Waals surface area contributed by atoms with Crippen molar-refractivity contribution < 1.29 is 14.6 Å². The third-order valence-electron chi connectivity index (χ3n) is 3.78. The SMILES string of the molecule is COCc1nnc2sc(C3CC(C)CC3C(=O)O)nn12. The number of methoxy groups -OCH3 is 1. The van der Waals surface area contributed by atoms with Crippen LogP contribution in [0.15, 0.2) is 0 Å². The number of carboxylic acid groups (broad SMARTS) is 1. The molecule has 20 heavy (non-hydrogen) atoms. The van der Waals surface area contributed by atoms with Crippen molar-refractivity contribution in [1.29, 1.82) is 0 Å². The Hall–Kier alpha value is -1.54. The van der Waals surface area contributed by atoms with Crippen molar-refractivity contribution in [2.75, 3.05) is 7.11 Å². The molecule has 0 bridgehead atoms. The highest BCUT2D eigenvalue weighted by atomic mass is 32.1. The van der Waals surface area contributed by atoms with Gasteiger partial charge in [0.15, 0.2) is 5.82 Å². The number of aliphatic carboxylic acids is 1. The Labute approximate surface area is 119 Å². The van der Waals surface area contributed by atoms with Gasteiger partial charge in [-0.05, 0) is 18.8 Å². The maximum atomic E-state index is 11.4. The lowest BCUT2D eigenvalue weighted by Gasteiger charge is -2.11. The van der Waals surface area contributed by atoms with Crippen LogP contribution in [0.5, 0.6) is 0 Å². The van der Waals surface area contributed by atoms with Gasteiger partial charge < -0.3 is 9.84 Å². The Morgan fingerprint density at radius 3 is 3.00 bits per heavy atom. The Bertz CT molecular complexity index is 638. The molecule has 1 N–H and O–H groups in total. The second kappa shape index (κ2) is 5.10. The van der Waals surface area contributed by atoms with Gasteiger partial charge in [-0.3, -0.25) is 4.79 Å². The smallest absolute Gasteiger partial charge is 0.307 e. The Morgan fingerprint density at radius 1 is 1.50 bits per heavy atom. The van der Waals surface area contributed by atoms with E-state index in [-0.39, 0.29) is 11.8 Å². The van der Waals surface area contributed by atoms with Gasteiger partial charge in [0.1, 0.15) is 11.6 Å². The van der Waals surface area contributed by atoms with Gasteiger partial charge in [0, 0.05) is 13.0 Å². The van der Waals surface area contributed by atoms with Crippen LogP contribution in [-0.2, 0) is 16.1 Å². The van der Waals surface area contributed by atoms with Crippen LogP contribution in [0.2, 0.25) is 0 Å². The van der Waals surface area contributed by atoms with E-state index in [4.69, 9.17) is 4.74 Å². The van der Waals surface area contributed by atoms with Crippen molar-refractivity contribution in [2.45, 2.75) is 32.3 Å². The van der Waals surface area contributed by atoms with Gasteiger partial charge in [-0.2, -0.15) is 9.61 Å². The highest BCUT2D eigenvalue weighted by molar-refractivity contribution is 7.16. The quantitative estimate of drug-likeness (QED) is 0.920. The number of aromatic nitrogens is 4. The topological polar surface area (TPSA) is 89.6 Å². The minimum absolute atomic E-state index is 0.0235. The van der Waals surface area contributed by atoms with Gasteiger partial charge in [0.25, 0.3) is 0 Å². The second-order valence-corrected chi connectivity index (χ2v) is 6.30. The lowest BCUT2D eigenvalue weighted by atomic mass is 9.97. The van der Waals surface area contributed by atoms with E-state index in [2.05, 4.69) is 22.2 Å². The van der Waals surface area contributed by atoms with Gasteiger partial charge in [-0.1, -0.05) is 18.3 Å². The first-order valence-corrected chi connectivity index (χ1v) is 7.34. The van der Waals surface area contributed by atoms with E-state index in [0.29, 0.717) is 29.7 Å². The van der Waals surface area contributed by atoms with E-state index in [0.717, 1.165) is 11.4 Å². The molecule has 1 aliphatic carbocycles. The van der Waals surface area contributed by atoms with Crippen LogP contribution in [0.1, 0.15) is 36.5 Å². The standard InChI is InChI=1S/C12H16N4O3S/c1-6-3-7(8(4-6)11(17)18)10-15-16-9(5-19-2)13-14-12(16)20-10/h6-8H,3-5H2,1-2H3,(H,17,18). The molecule has 3 atom stereocenters. The lowest BCUT2D eigenvalue weighted by molar-refractivity contribution is -0.142. The summed E-state index contributed by atoms with van der Waals surface area (Å²) in [6.45, 7) is 2.43. The molecular formula is C12H16N4O3S. The van der Waals surface area contributed by atoms with Crippen molar-refractivity contribution in [3.05, 3.63) is 10.8 Å². The normalized spacial score (nSPS) is 26.4. The zero-order valence-corrected chi connectivity index (χ0v) is 12.1. The highest BCUT2D eigenvalue weighted by Gasteiger charge is 2.40. The van der Waals surface area contributed by atoms with Crippen molar-refractivity contribution in [3.8, 4) is 0 Å². The molecular weight excluding hydrogens is 280 g/mol.